The predicted molar refractivity (Wildman–Crippen MR) is 130 cm³/mol. The lowest BCUT2D eigenvalue weighted by Crippen LogP contribution is -2.27. The van der Waals surface area contributed by atoms with Crippen LogP contribution in [0.1, 0.15) is 27.3 Å². The second kappa shape index (κ2) is 9.67. The van der Waals surface area contributed by atoms with E-state index in [0.29, 0.717) is 28.5 Å². The van der Waals surface area contributed by atoms with Gasteiger partial charge in [0, 0.05) is 17.6 Å². The molecule has 8 heteroatoms. The Kier molecular flexibility index (Phi) is 6.72. The highest BCUT2D eigenvalue weighted by molar-refractivity contribution is 7.99. The molecule has 1 amide bonds. The number of fused-ring (bicyclic) bond motifs is 1. The van der Waals surface area contributed by atoms with Gasteiger partial charge in [-0.05, 0) is 49.6 Å². The van der Waals surface area contributed by atoms with Crippen molar-refractivity contribution < 1.29 is 4.79 Å². The van der Waals surface area contributed by atoms with Gasteiger partial charge in [0.05, 0.1) is 23.4 Å². The summed E-state index contributed by atoms with van der Waals surface area (Å²) < 4.78 is 1.63. The molecule has 4 rings (SSSR count). The van der Waals surface area contributed by atoms with Crippen LogP contribution in [0, 0.1) is 20.8 Å². The Morgan fingerprint density at radius 2 is 1.91 bits per heavy atom. The van der Waals surface area contributed by atoms with Gasteiger partial charge < -0.3 is 5.32 Å². The van der Waals surface area contributed by atoms with Gasteiger partial charge in [-0.25, -0.2) is 4.98 Å². The van der Waals surface area contributed by atoms with Crippen LogP contribution in [0.5, 0.6) is 0 Å². The number of thiophene rings is 1. The van der Waals surface area contributed by atoms with E-state index in [-0.39, 0.29) is 17.2 Å². The molecule has 0 saturated heterocycles. The third kappa shape index (κ3) is 4.76. The summed E-state index contributed by atoms with van der Waals surface area (Å²) in [6, 6.07) is 13.6. The van der Waals surface area contributed by atoms with E-state index in [1.807, 2.05) is 63.2 Å². The highest BCUT2D eigenvalue weighted by Crippen LogP contribution is 2.28. The van der Waals surface area contributed by atoms with Gasteiger partial charge in [-0.1, -0.05) is 42.1 Å². The molecule has 164 valence electrons. The SMILES string of the molecule is Cc1ccccc1CNC(=O)CSc1nc2sc(C)c(C)c2c(=O)n1Cc1ccccn1. The van der Waals surface area contributed by atoms with Gasteiger partial charge in [0.15, 0.2) is 5.16 Å². The number of benzene rings is 1. The lowest BCUT2D eigenvalue weighted by molar-refractivity contribution is -0.118. The Bertz CT molecular complexity index is 1330. The summed E-state index contributed by atoms with van der Waals surface area (Å²) in [6.07, 6.45) is 1.71. The monoisotopic (exact) mass is 464 g/mol. The molecule has 0 aliphatic carbocycles. The summed E-state index contributed by atoms with van der Waals surface area (Å²) in [4.78, 5) is 36.8. The maximum atomic E-state index is 13.4. The van der Waals surface area contributed by atoms with E-state index in [0.717, 1.165) is 27.3 Å². The first-order valence-corrected chi connectivity index (χ1v) is 12.1. The maximum Gasteiger partial charge on any atom is 0.263 e. The van der Waals surface area contributed by atoms with Crippen LogP contribution in [0.25, 0.3) is 10.2 Å². The van der Waals surface area contributed by atoms with E-state index in [2.05, 4.69) is 10.3 Å². The number of thioether (sulfide) groups is 1. The molecule has 3 heterocycles. The maximum absolute atomic E-state index is 13.4. The minimum absolute atomic E-state index is 0.0923. The van der Waals surface area contributed by atoms with Gasteiger partial charge in [-0.3, -0.25) is 19.1 Å². The van der Waals surface area contributed by atoms with Crippen LogP contribution >= 0.6 is 23.1 Å². The van der Waals surface area contributed by atoms with Crippen molar-refractivity contribution in [1.29, 1.82) is 0 Å². The summed E-state index contributed by atoms with van der Waals surface area (Å²) in [5, 5.41) is 4.14. The number of amides is 1. The molecule has 0 radical (unpaired) electrons. The lowest BCUT2D eigenvalue weighted by Gasteiger charge is -2.12. The average Bonchev–Trinajstić information content (AvgIpc) is 3.08. The molecule has 1 aromatic carbocycles. The van der Waals surface area contributed by atoms with Gasteiger partial charge >= 0.3 is 0 Å². The lowest BCUT2D eigenvalue weighted by atomic mass is 10.1. The average molecular weight is 465 g/mol. The Morgan fingerprint density at radius 3 is 2.66 bits per heavy atom. The van der Waals surface area contributed by atoms with Gasteiger partial charge in [0.25, 0.3) is 5.56 Å². The number of hydrogen-bond acceptors (Lipinski definition) is 6. The Labute approximate surface area is 194 Å². The molecule has 0 unspecified atom stereocenters. The minimum Gasteiger partial charge on any atom is -0.351 e. The van der Waals surface area contributed by atoms with Crippen LogP contribution in [-0.2, 0) is 17.9 Å². The molecule has 1 N–H and O–H groups in total. The fourth-order valence-electron chi connectivity index (χ4n) is 3.40. The van der Waals surface area contributed by atoms with Gasteiger partial charge in [-0.2, -0.15) is 0 Å². The van der Waals surface area contributed by atoms with Crippen molar-refractivity contribution >= 4 is 39.2 Å². The molecule has 4 aromatic rings. The van der Waals surface area contributed by atoms with Gasteiger partial charge in [-0.15, -0.1) is 11.3 Å². The van der Waals surface area contributed by atoms with Crippen molar-refractivity contribution in [2.45, 2.75) is 39.0 Å². The smallest absolute Gasteiger partial charge is 0.263 e. The van der Waals surface area contributed by atoms with Crippen molar-refractivity contribution in [2.24, 2.45) is 0 Å². The van der Waals surface area contributed by atoms with E-state index in [9.17, 15) is 9.59 Å². The highest BCUT2D eigenvalue weighted by atomic mass is 32.2. The number of nitrogens with zero attached hydrogens (tertiary/aromatic N) is 3. The first kappa shape index (κ1) is 22.2. The van der Waals surface area contributed by atoms with Crippen LogP contribution in [0.3, 0.4) is 0 Å². The first-order valence-electron chi connectivity index (χ1n) is 10.3. The summed E-state index contributed by atoms with van der Waals surface area (Å²) >= 11 is 2.79. The van der Waals surface area contributed by atoms with Gasteiger partial charge in [0.2, 0.25) is 5.91 Å². The van der Waals surface area contributed by atoms with E-state index >= 15 is 0 Å². The largest absolute Gasteiger partial charge is 0.351 e. The number of pyridine rings is 1. The van der Waals surface area contributed by atoms with Crippen molar-refractivity contribution in [3.63, 3.8) is 0 Å². The molecule has 0 fully saturated rings. The minimum atomic E-state index is -0.101. The molecular formula is C24H24N4O2S2. The number of carbonyl (C=O) groups excluding carboxylic acids is 1. The molecule has 0 aliphatic heterocycles. The third-order valence-corrected chi connectivity index (χ3v) is 7.45. The van der Waals surface area contributed by atoms with Crippen molar-refractivity contribution in [3.8, 4) is 0 Å². The second-order valence-electron chi connectivity index (χ2n) is 7.56. The number of carbonyl (C=O) groups is 1. The fourth-order valence-corrected chi connectivity index (χ4v) is 5.29. The molecule has 0 aliphatic rings. The normalized spacial score (nSPS) is 11.1. The number of nitrogens with one attached hydrogen (secondary N) is 1. The van der Waals surface area contributed by atoms with E-state index < -0.39 is 0 Å². The highest BCUT2D eigenvalue weighted by Gasteiger charge is 2.18. The number of rotatable bonds is 7. The van der Waals surface area contributed by atoms with Gasteiger partial charge in [0.1, 0.15) is 4.83 Å². The molecule has 0 saturated carbocycles. The standard InChI is InChI=1S/C24H24N4O2S2/c1-15-8-4-5-9-18(15)12-26-20(29)14-31-24-27-22-21(16(2)17(3)32-22)23(30)28(24)13-19-10-6-7-11-25-19/h4-11H,12-14H2,1-3H3,(H,26,29). The fraction of sp³-hybridized carbons (Fsp3) is 0.250. The number of aromatic nitrogens is 3. The summed E-state index contributed by atoms with van der Waals surface area (Å²) in [6.45, 7) is 6.76. The van der Waals surface area contributed by atoms with Crippen molar-refractivity contribution in [2.75, 3.05) is 5.75 Å². The topological polar surface area (TPSA) is 76.9 Å². The Morgan fingerprint density at radius 1 is 1.12 bits per heavy atom. The Balaban J connectivity index is 1.58. The zero-order valence-electron chi connectivity index (χ0n) is 18.2. The summed E-state index contributed by atoms with van der Waals surface area (Å²) in [7, 11) is 0. The zero-order chi connectivity index (χ0) is 22.7. The van der Waals surface area contributed by atoms with E-state index in [1.165, 1.54) is 23.1 Å². The van der Waals surface area contributed by atoms with Crippen LogP contribution in [0.4, 0.5) is 0 Å². The number of aryl methyl sites for hydroxylation is 3. The van der Waals surface area contributed by atoms with Crippen LogP contribution < -0.4 is 10.9 Å². The molecule has 6 nitrogen and oxygen atoms in total. The molecule has 0 bridgehead atoms. The molecule has 0 atom stereocenters. The molecule has 3 aromatic heterocycles. The number of hydrogen-bond donors (Lipinski definition) is 1. The molecule has 0 spiro atoms. The third-order valence-electron chi connectivity index (χ3n) is 5.37. The second-order valence-corrected chi connectivity index (χ2v) is 9.71. The molecular weight excluding hydrogens is 440 g/mol. The Hall–Kier alpha value is -2.97. The zero-order valence-corrected chi connectivity index (χ0v) is 19.8. The van der Waals surface area contributed by atoms with E-state index in [1.54, 1.807) is 10.8 Å². The molecule has 32 heavy (non-hydrogen) atoms. The quantitative estimate of drug-likeness (QED) is 0.327. The first-order chi connectivity index (χ1) is 15.4. The summed E-state index contributed by atoms with van der Waals surface area (Å²) in [5.74, 6) is 0.0746. The van der Waals surface area contributed by atoms with Crippen LogP contribution in [0.2, 0.25) is 0 Å². The van der Waals surface area contributed by atoms with E-state index in [4.69, 9.17) is 4.98 Å². The van der Waals surface area contributed by atoms with Crippen molar-refractivity contribution in [1.82, 2.24) is 19.9 Å². The van der Waals surface area contributed by atoms with Crippen LogP contribution in [0.15, 0.2) is 58.6 Å². The predicted octanol–water partition coefficient (Wildman–Crippen LogP) is 4.24. The summed E-state index contributed by atoms with van der Waals surface area (Å²) in [5.41, 5.74) is 3.86. The van der Waals surface area contributed by atoms with Crippen LogP contribution in [-0.4, -0.2) is 26.2 Å². The van der Waals surface area contributed by atoms with Crippen molar-refractivity contribution in [3.05, 3.63) is 86.3 Å².